The van der Waals surface area contributed by atoms with Crippen LogP contribution in [0.3, 0.4) is 0 Å². The molecule has 1 aromatic carbocycles. The molecule has 0 saturated carbocycles. The van der Waals surface area contributed by atoms with Gasteiger partial charge in [-0.15, -0.1) is 11.3 Å². The second-order valence-electron chi connectivity index (χ2n) is 6.96. The Morgan fingerprint density at radius 2 is 1.97 bits per heavy atom. The fourth-order valence-corrected chi connectivity index (χ4v) is 5.08. The third-order valence-electron chi connectivity index (χ3n) is 5.13. The molecule has 0 bridgehead atoms. The molecule has 0 aliphatic carbocycles. The van der Waals surface area contributed by atoms with E-state index in [2.05, 4.69) is 25.6 Å². The van der Waals surface area contributed by atoms with Gasteiger partial charge in [0.2, 0.25) is 17.0 Å². The molecule has 0 saturated heterocycles. The highest BCUT2D eigenvalue weighted by Crippen LogP contribution is 2.41. The molecule has 0 radical (unpaired) electrons. The molecule has 0 spiro atoms. The number of fused-ring (bicyclic) bond motifs is 6. The van der Waals surface area contributed by atoms with Gasteiger partial charge in [0.15, 0.2) is 0 Å². The van der Waals surface area contributed by atoms with E-state index in [4.69, 9.17) is 21.1 Å². The number of nitrogens with zero attached hydrogens (tertiary/aromatic N) is 3. The van der Waals surface area contributed by atoms with Crippen molar-refractivity contribution in [2.75, 3.05) is 18.4 Å². The summed E-state index contributed by atoms with van der Waals surface area (Å²) in [4.78, 5) is 26.1. The van der Waals surface area contributed by atoms with Crippen molar-refractivity contribution in [3.63, 3.8) is 0 Å². The average molecular weight is 440 g/mol. The summed E-state index contributed by atoms with van der Waals surface area (Å²) in [6.45, 7) is 2.04. The number of rotatable bonds is 2. The van der Waals surface area contributed by atoms with Crippen LogP contribution in [0.2, 0.25) is 5.28 Å². The highest BCUT2D eigenvalue weighted by molar-refractivity contribution is 7.21. The van der Waals surface area contributed by atoms with E-state index in [9.17, 15) is 4.79 Å². The third kappa shape index (κ3) is 2.78. The van der Waals surface area contributed by atoms with E-state index < -0.39 is 0 Å². The van der Waals surface area contributed by atoms with Crippen LogP contribution in [0.4, 0.5) is 5.69 Å². The molecule has 0 unspecified atom stereocenters. The summed E-state index contributed by atoms with van der Waals surface area (Å²) in [6, 6.07) is 7.66. The highest BCUT2D eigenvalue weighted by atomic mass is 35.5. The summed E-state index contributed by atoms with van der Waals surface area (Å²) in [5.74, 6) is 0.713. The first-order valence-corrected chi connectivity index (χ1v) is 10.6. The largest absolute Gasteiger partial charge is 0.420 e. The molecule has 0 atom stereocenters. The van der Waals surface area contributed by atoms with Crippen LogP contribution in [0.25, 0.3) is 21.0 Å². The Morgan fingerprint density at radius 3 is 2.90 bits per heavy atom. The molecule has 150 valence electrons. The molecule has 10 heteroatoms. The third-order valence-corrected chi connectivity index (χ3v) is 6.45. The summed E-state index contributed by atoms with van der Waals surface area (Å²) < 4.78 is 12.4. The summed E-state index contributed by atoms with van der Waals surface area (Å²) in [7, 11) is 0. The molecule has 3 aromatic heterocycles. The van der Waals surface area contributed by atoms with Gasteiger partial charge >= 0.3 is 0 Å². The van der Waals surface area contributed by atoms with Gasteiger partial charge in [0, 0.05) is 34.6 Å². The number of benzene rings is 1. The van der Waals surface area contributed by atoms with Crippen LogP contribution in [-0.2, 0) is 18.0 Å². The fraction of sp³-hybridized carbons (Fsp3) is 0.200. The van der Waals surface area contributed by atoms with Crippen LogP contribution < -0.4 is 15.4 Å². The van der Waals surface area contributed by atoms with Gasteiger partial charge in [-0.2, -0.15) is 4.98 Å². The monoisotopic (exact) mass is 439 g/mol. The van der Waals surface area contributed by atoms with E-state index in [-0.39, 0.29) is 11.2 Å². The number of nitrogens with one attached hydrogen (secondary N) is 2. The number of ether oxygens (including phenoxy) is 2. The first-order chi connectivity index (χ1) is 14.7. The lowest BCUT2D eigenvalue weighted by molar-refractivity contribution is 0.0962. The van der Waals surface area contributed by atoms with E-state index in [0.29, 0.717) is 42.9 Å². The van der Waals surface area contributed by atoms with Gasteiger partial charge in [-0.05, 0) is 29.8 Å². The van der Waals surface area contributed by atoms with Gasteiger partial charge in [0.1, 0.15) is 4.88 Å². The van der Waals surface area contributed by atoms with Crippen LogP contribution in [0.5, 0.6) is 11.8 Å². The number of carbonyl (C=O) groups excluding carboxylic acids is 1. The summed E-state index contributed by atoms with van der Waals surface area (Å²) in [5.41, 5.74) is 3.15. The first-order valence-electron chi connectivity index (χ1n) is 9.36. The SMILES string of the molecule is O=C1NCCNc2c1sc1ccc3nc(Oc4nc(Cl)nc5c4COC5)ccc3c21. The number of hydrogen-bond acceptors (Lipinski definition) is 8. The molecule has 6 rings (SSSR count). The minimum absolute atomic E-state index is 0.0472. The lowest BCUT2D eigenvalue weighted by Crippen LogP contribution is -2.24. The number of aromatic nitrogens is 3. The molecule has 2 aliphatic heterocycles. The Kier molecular flexibility index (Phi) is 4.02. The van der Waals surface area contributed by atoms with Crippen LogP contribution in [0, 0.1) is 0 Å². The molecule has 30 heavy (non-hydrogen) atoms. The summed E-state index contributed by atoms with van der Waals surface area (Å²) in [6.07, 6.45) is 0. The summed E-state index contributed by atoms with van der Waals surface area (Å²) >= 11 is 7.50. The Bertz CT molecular complexity index is 1360. The van der Waals surface area contributed by atoms with Crippen molar-refractivity contribution in [2.45, 2.75) is 13.2 Å². The smallest absolute Gasteiger partial charge is 0.263 e. The van der Waals surface area contributed by atoms with Gasteiger partial charge in [-0.25, -0.2) is 9.97 Å². The predicted molar refractivity (Wildman–Crippen MR) is 114 cm³/mol. The van der Waals surface area contributed by atoms with Crippen LogP contribution in [-0.4, -0.2) is 33.9 Å². The minimum Gasteiger partial charge on any atom is -0.420 e. The second-order valence-corrected chi connectivity index (χ2v) is 8.35. The van der Waals surface area contributed by atoms with Gasteiger partial charge in [0.25, 0.3) is 5.91 Å². The number of hydrogen-bond donors (Lipinski definition) is 2. The lowest BCUT2D eigenvalue weighted by Gasteiger charge is -2.09. The number of carbonyl (C=O) groups is 1. The Hall–Kier alpha value is -3.01. The van der Waals surface area contributed by atoms with E-state index in [1.807, 2.05) is 18.2 Å². The average Bonchev–Trinajstić information content (AvgIpc) is 3.31. The second kappa shape index (κ2) is 6.76. The maximum atomic E-state index is 12.4. The minimum atomic E-state index is -0.0472. The van der Waals surface area contributed by atoms with E-state index in [1.54, 1.807) is 6.07 Å². The van der Waals surface area contributed by atoms with Crippen molar-refractivity contribution < 1.29 is 14.3 Å². The maximum Gasteiger partial charge on any atom is 0.263 e. The zero-order valence-corrected chi connectivity index (χ0v) is 17.1. The standard InChI is InChI=1S/C20H14ClN5O3S/c21-20-25-12-8-28-7-10(12)19(26-20)29-14-4-1-9-11(24-14)2-3-13-15(9)16-17(30-13)18(27)23-6-5-22-16/h1-4,22H,5-8H2,(H,23,27). The van der Waals surface area contributed by atoms with Crippen molar-refractivity contribution in [1.29, 1.82) is 0 Å². The zero-order chi connectivity index (χ0) is 20.2. The van der Waals surface area contributed by atoms with Crippen molar-refractivity contribution in [3.05, 3.63) is 45.7 Å². The molecular formula is C20H14ClN5O3S. The molecule has 1 amide bonds. The molecule has 2 N–H and O–H groups in total. The van der Waals surface area contributed by atoms with Gasteiger partial charge in [0.05, 0.1) is 35.7 Å². The normalized spacial score (nSPS) is 15.4. The van der Waals surface area contributed by atoms with E-state index in [1.165, 1.54) is 11.3 Å². The van der Waals surface area contributed by atoms with E-state index in [0.717, 1.165) is 37.9 Å². The Labute approximate surface area is 179 Å². The van der Waals surface area contributed by atoms with Gasteiger partial charge in [-0.3, -0.25) is 4.79 Å². The number of anilines is 1. The zero-order valence-electron chi connectivity index (χ0n) is 15.5. The molecule has 4 aromatic rings. The summed E-state index contributed by atoms with van der Waals surface area (Å²) in [5, 5.41) is 8.36. The van der Waals surface area contributed by atoms with Gasteiger partial charge in [-0.1, -0.05) is 0 Å². The van der Waals surface area contributed by atoms with Crippen molar-refractivity contribution in [3.8, 4) is 11.8 Å². The highest BCUT2D eigenvalue weighted by Gasteiger charge is 2.24. The number of thiophene rings is 1. The molecule has 8 nitrogen and oxygen atoms in total. The topological polar surface area (TPSA) is 98.3 Å². The number of pyridine rings is 1. The Balaban J connectivity index is 1.46. The number of amides is 1. The fourth-order valence-electron chi connectivity index (χ4n) is 3.79. The molecule has 5 heterocycles. The lowest BCUT2D eigenvalue weighted by atomic mass is 10.1. The number of halogens is 1. The maximum absolute atomic E-state index is 12.4. The first kappa shape index (κ1) is 17.8. The van der Waals surface area contributed by atoms with Crippen LogP contribution in [0.15, 0.2) is 24.3 Å². The van der Waals surface area contributed by atoms with Crippen molar-refractivity contribution in [2.24, 2.45) is 0 Å². The van der Waals surface area contributed by atoms with E-state index >= 15 is 0 Å². The quantitative estimate of drug-likeness (QED) is 0.457. The molecule has 2 aliphatic rings. The van der Waals surface area contributed by atoms with Gasteiger partial charge < -0.3 is 20.1 Å². The molecular weight excluding hydrogens is 426 g/mol. The molecule has 0 fully saturated rings. The van der Waals surface area contributed by atoms with Crippen molar-refractivity contribution in [1.82, 2.24) is 20.3 Å². The Morgan fingerprint density at radius 1 is 1.07 bits per heavy atom. The predicted octanol–water partition coefficient (Wildman–Crippen LogP) is 3.87. The van der Waals surface area contributed by atoms with Crippen LogP contribution in [0.1, 0.15) is 20.9 Å². The van der Waals surface area contributed by atoms with Crippen molar-refractivity contribution >= 4 is 55.5 Å². The van der Waals surface area contributed by atoms with Crippen LogP contribution >= 0.6 is 22.9 Å².